The van der Waals surface area contributed by atoms with Crippen LogP contribution in [0.2, 0.25) is 0 Å². The highest BCUT2D eigenvalue weighted by atomic mass is 16.5. The molecular formula is C10H18N4O2. The van der Waals surface area contributed by atoms with E-state index in [1.807, 2.05) is 6.07 Å². The molecular weight excluding hydrogens is 208 g/mol. The predicted octanol–water partition coefficient (Wildman–Crippen LogP) is 0.593. The van der Waals surface area contributed by atoms with Crippen molar-refractivity contribution in [1.82, 2.24) is 9.97 Å². The SMILES string of the molecule is COCCNc1ccnc(NCCOC)n1. The van der Waals surface area contributed by atoms with E-state index in [1.54, 1.807) is 20.4 Å². The fraction of sp³-hybridized carbons (Fsp3) is 0.600. The van der Waals surface area contributed by atoms with Gasteiger partial charge in [0.05, 0.1) is 13.2 Å². The van der Waals surface area contributed by atoms with Crippen molar-refractivity contribution in [3.63, 3.8) is 0 Å². The van der Waals surface area contributed by atoms with Crippen LogP contribution in [-0.4, -0.2) is 50.5 Å². The van der Waals surface area contributed by atoms with E-state index in [-0.39, 0.29) is 0 Å². The van der Waals surface area contributed by atoms with Gasteiger partial charge in [-0.1, -0.05) is 0 Å². The van der Waals surface area contributed by atoms with E-state index in [0.717, 1.165) is 12.4 Å². The first-order valence-electron chi connectivity index (χ1n) is 5.15. The highest BCUT2D eigenvalue weighted by Crippen LogP contribution is 2.04. The third-order valence-electron chi connectivity index (χ3n) is 1.86. The van der Waals surface area contributed by atoms with E-state index in [2.05, 4.69) is 20.6 Å². The van der Waals surface area contributed by atoms with Gasteiger partial charge in [0.1, 0.15) is 5.82 Å². The van der Waals surface area contributed by atoms with Gasteiger partial charge in [-0.05, 0) is 6.07 Å². The fourth-order valence-corrected chi connectivity index (χ4v) is 1.09. The molecule has 0 bridgehead atoms. The molecule has 0 amide bonds. The Bertz CT molecular complexity index is 271. The minimum absolute atomic E-state index is 0.597. The number of anilines is 2. The summed E-state index contributed by atoms with van der Waals surface area (Å²) in [6.07, 6.45) is 1.71. The van der Waals surface area contributed by atoms with Crippen molar-refractivity contribution >= 4 is 11.8 Å². The van der Waals surface area contributed by atoms with E-state index in [0.29, 0.717) is 25.7 Å². The molecule has 1 rings (SSSR count). The first kappa shape index (κ1) is 12.7. The number of methoxy groups -OCH3 is 2. The normalized spacial score (nSPS) is 10.1. The molecule has 0 fully saturated rings. The maximum absolute atomic E-state index is 4.94. The van der Waals surface area contributed by atoms with Crippen LogP contribution in [0.1, 0.15) is 0 Å². The molecule has 0 aromatic carbocycles. The van der Waals surface area contributed by atoms with Crippen LogP contribution in [0.5, 0.6) is 0 Å². The fourth-order valence-electron chi connectivity index (χ4n) is 1.09. The summed E-state index contributed by atoms with van der Waals surface area (Å²) in [6.45, 7) is 2.70. The highest BCUT2D eigenvalue weighted by molar-refractivity contribution is 5.39. The molecule has 6 nitrogen and oxygen atoms in total. The van der Waals surface area contributed by atoms with Crippen LogP contribution in [0, 0.1) is 0 Å². The highest BCUT2D eigenvalue weighted by Gasteiger charge is 1.97. The van der Waals surface area contributed by atoms with Crippen LogP contribution < -0.4 is 10.6 Å². The van der Waals surface area contributed by atoms with Crippen molar-refractivity contribution in [2.45, 2.75) is 0 Å². The van der Waals surface area contributed by atoms with Crippen molar-refractivity contribution in [2.24, 2.45) is 0 Å². The number of hydrogen-bond acceptors (Lipinski definition) is 6. The second kappa shape index (κ2) is 7.84. The van der Waals surface area contributed by atoms with Gasteiger partial charge in [0, 0.05) is 33.5 Å². The van der Waals surface area contributed by atoms with Crippen molar-refractivity contribution in [1.29, 1.82) is 0 Å². The van der Waals surface area contributed by atoms with Gasteiger partial charge in [0.25, 0.3) is 0 Å². The molecule has 0 aliphatic rings. The maximum Gasteiger partial charge on any atom is 0.224 e. The molecule has 0 unspecified atom stereocenters. The van der Waals surface area contributed by atoms with Crippen LogP contribution >= 0.6 is 0 Å². The summed E-state index contributed by atoms with van der Waals surface area (Å²) in [5.74, 6) is 1.38. The van der Waals surface area contributed by atoms with Crippen molar-refractivity contribution < 1.29 is 9.47 Å². The molecule has 1 heterocycles. The van der Waals surface area contributed by atoms with E-state index in [9.17, 15) is 0 Å². The summed E-state index contributed by atoms with van der Waals surface area (Å²) in [5, 5.41) is 6.19. The first-order chi connectivity index (χ1) is 7.86. The first-order valence-corrected chi connectivity index (χ1v) is 5.15. The number of rotatable bonds is 8. The Labute approximate surface area is 95.4 Å². The van der Waals surface area contributed by atoms with Gasteiger partial charge in [0.2, 0.25) is 5.95 Å². The largest absolute Gasteiger partial charge is 0.383 e. The lowest BCUT2D eigenvalue weighted by molar-refractivity contribution is 0.210. The predicted molar refractivity (Wildman–Crippen MR) is 62.8 cm³/mol. The smallest absolute Gasteiger partial charge is 0.224 e. The van der Waals surface area contributed by atoms with Gasteiger partial charge in [0.15, 0.2) is 0 Å². The topological polar surface area (TPSA) is 68.3 Å². The summed E-state index contributed by atoms with van der Waals surface area (Å²) in [5.41, 5.74) is 0. The van der Waals surface area contributed by atoms with Gasteiger partial charge < -0.3 is 20.1 Å². The van der Waals surface area contributed by atoms with Crippen molar-refractivity contribution in [2.75, 3.05) is 51.2 Å². The Morgan fingerprint density at radius 3 is 2.50 bits per heavy atom. The van der Waals surface area contributed by atoms with E-state index in [1.165, 1.54) is 0 Å². The lowest BCUT2D eigenvalue weighted by Crippen LogP contribution is -2.12. The molecule has 6 heteroatoms. The van der Waals surface area contributed by atoms with E-state index >= 15 is 0 Å². The average Bonchev–Trinajstić information content (AvgIpc) is 2.30. The van der Waals surface area contributed by atoms with Crippen LogP contribution in [0.4, 0.5) is 11.8 Å². The third-order valence-corrected chi connectivity index (χ3v) is 1.86. The monoisotopic (exact) mass is 226 g/mol. The molecule has 0 saturated heterocycles. The Hall–Kier alpha value is -1.40. The second-order valence-electron chi connectivity index (χ2n) is 3.10. The maximum atomic E-state index is 4.94. The van der Waals surface area contributed by atoms with Crippen LogP contribution in [0.3, 0.4) is 0 Å². The molecule has 90 valence electrons. The molecule has 16 heavy (non-hydrogen) atoms. The number of ether oxygens (including phenoxy) is 2. The zero-order chi connectivity index (χ0) is 11.6. The zero-order valence-electron chi connectivity index (χ0n) is 9.69. The van der Waals surface area contributed by atoms with Crippen LogP contribution in [0.15, 0.2) is 12.3 Å². The number of nitrogens with one attached hydrogen (secondary N) is 2. The Morgan fingerprint density at radius 2 is 1.81 bits per heavy atom. The van der Waals surface area contributed by atoms with Gasteiger partial charge in [-0.3, -0.25) is 0 Å². The number of aromatic nitrogens is 2. The number of hydrogen-bond donors (Lipinski definition) is 2. The Balaban J connectivity index is 2.37. The van der Waals surface area contributed by atoms with Gasteiger partial charge in [-0.15, -0.1) is 0 Å². The lowest BCUT2D eigenvalue weighted by atomic mass is 10.5. The molecule has 0 aliphatic carbocycles. The molecule has 0 saturated carbocycles. The van der Waals surface area contributed by atoms with Gasteiger partial charge in [-0.2, -0.15) is 4.98 Å². The molecule has 0 spiro atoms. The molecule has 0 atom stereocenters. The third kappa shape index (κ3) is 4.90. The van der Waals surface area contributed by atoms with Gasteiger partial charge in [-0.25, -0.2) is 4.98 Å². The molecule has 1 aromatic rings. The zero-order valence-corrected chi connectivity index (χ0v) is 9.69. The van der Waals surface area contributed by atoms with Gasteiger partial charge >= 0.3 is 0 Å². The Kier molecular flexibility index (Phi) is 6.20. The van der Waals surface area contributed by atoms with Crippen molar-refractivity contribution in [3.8, 4) is 0 Å². The van der Waals surface area contributed by atoms with Crippen LogP contribution in [-0.2, 0) is 9.47 Å². The average molecular weight is 226 g/mol. The summed E-state index contributed by atoms with van der Waals surface area (Å²) >= 11 is 0. The lowest BCUT2D eigenvalue weighted by Gasteiger charge is -2.07. The molecule has 2 N–H and O–H groups in total. The summed E-state index contributed by atoms with van der Waals surface area (Å²) < 4.78 is 9.86. The van der Waals surface area contributed by atoms with E-state index < -0.39 is 0 Å². The van der Waals surface area contributed by atoms with Crippen molar-refractivity contribution in [3.05, 3.63) is 12.3 Å². The summed E-state index contributed by atoms with van der Waals surface area (Å²) in [6, 6.07) is 1.82. The minimum Gasteiger partial charge on any atom is -0.383 e. The second-order valence-corrected chi connectivity index (χ2v) is 3.10. The molecule has 1 aromatic heterocycles. The standard InChI is InChI=1S/C10H18N4O2/c1-15-7-5-11-9-3-4-12-10(14-9)13-6-8-16-2/h3-4H,5-8H2,1-2H3,(H2,11,12,13,14). The van der Waals surface area contributed by atoms with Crippen LogP contribution in [0.25, 0.3) is 0 Å². The minimum atomic E-state index is 0.597. The molecule has 0 aliphatic heterocycles. The summed E-state index contributed by atoms with van der Waals surface area (Å²) in [7, 11) is 3.32. The molecule has 0 radical (unpaired) electrons. The summed E-state index contributed by atoms with van der Waals surface area (Å²) in [4.78, 5) is 8.36. The quantitative estimate of drug-likeness (QED) is 0.632. The Morgan fingerprint density at radius 1 is 1.12 bits per heavy atom. The number of nitrogens with zero attached hydrogens (tertiary/aromatic N) is 2. The van der Waals surface area contributed by atoms with E-state index in [4.69, 9.17) is 9.47 Å².